The van der Waals surface area contributed by atoms with E-state index < -0.39 is 6.29 Å². The SMILES string of the molecule is CCOC(O)C(=O)CCc1ccccc1. The van der Waals surface area contributed by atoms with E-state index in [1.54, 1.807) is 6.92 Å². The van der Waals surface area contributed by atoms with E-state index in [0.29, 0.717) is 19.4 Å². The molecule has 0 radical (unpaired) electrons. The third-order valence-electron chi connectivity index (χ3n) is 2.10. The van der Waals surface area contributed by atoms with Crippen LogP contribution in [-0.4, -0.2) is 23.8 Å². The van der Waals surface area contributed by atoms with Crippen LogP contribution in [0.25, 0.3) is 0 Å². The molecule has 0 aromatic heterocycles. The molecule has 82 valence electrons. The topological polar surface area (TPSA) is 46.5 Å². The largest absolute Gasteiger partial charge is 0.362 e. The highest BCUT2D eigenvalue weighted by molar-refractivity contribution is 5.81. The Labute approximate surface area is 89.7 Å². The number of Topliss-reactive ketones (excluding diaryl/α,β-unsaturated/α-hetero) is 1. The Morgan fingerprint density at radius 2 is 2.07 bits per heavy atom. The van der Waals surface area contributed by atoms with Gasteiger partial charge < -0.3 is 9.84 Å². The first-order valence-corrected chi connectivity index (χ1v) is 5.10. The fraction of sp³-hybridized carbons (Fsp3) is 0.417. The molecule has 0 bridgehead atoms. The monoisotopic (exact) mass is 208 g/mol. The summed E-state index contributed by atoms with van der Waals surface area (Å²) in [5.41, 5.74) is 1.09. The Balaban J connectivity index is 2.34. The number of aliphatic hydroxyl groups is 1. The molecule has 1 aromatic rings. The molecule has 0 saturated carbocycles. The normalized spacial score (nSPS) is 12.4. The maximum Gasteiger partial charge on any atom is 0.215 e. The Bertz CT molecular complexity index is 295. The van der Waals surface area contributed by atoms with E-state index >= 15 is 0 Å². The average Bonchev–Trinajstić information content (AvgIpc) is 2.27. The van der Waals surface area contributed by atoms with E-state index in [1.165, 1.54) is 0 Å². The van der Waals surface area contributed by atoms with Gasteiger partial charge in [-0.2, -0.15) is 0 Å². The van der Waals surface area contributed by atoms with Crippen molar-refractivity contribution >= 4 is 5.78 Å². The van der Waals surface area contributed by atoms with Crippen LogP contribution < -0.4 is 0 Å². The zero-order valence-electron chi connectivity index (χ0n) is 8.85. The van der Waals surface area contributed by atoms with Crippen molar-refractivity contribution in [2.24, 2.45) is 0 Å². The third-order valence-corrected chi connectivity index (χ3v) is 2.10. The van der Waals surface area contributed by atoms with Gasteiger partial charge in [0.2, 0.25) is 6.29 Å². The van der Waals surface area contributed by atoms with Crippen molar-refractivity contribution in [2.75, 3.05) is 6.61 Å². The number of carbonyl (C=O) groups excluding carboxylic acids is 1. The van der Waals surface area contributed by atoms with Gasteiger partial charge in [0.05, 0.1) is 0 Å². The molecule has 1 atom stereocenters. The molecule has 1 rings (SSSR count). The van der Waals surface area contributed by atoms with Crippen molar-refractivity contribution < 1.29 is 14.6 Å². The van der Waals surface area contributed by atoms with Crippen LogP contribution in [0.4, 0.5) is 0 Å². The van der Waals surface area contributed by atoms with Crippen LogP contribution in [0.15, 0.2) is 30.3 Å². The maximum atomic E-state index is 11.3. The molecular formula is C12H16O3. The first-order valence-electron chi connectivity index (χ1n) is 5.10. The molecule has 15 heavy (non-hydrogen) atoms. The van der Waals surface area contributed by atoms with Crippen molar-refractivity contribution in [1.29, 1.82) is 0 Å². The van der Waals surface area contributed by atoms with Crippen molar-refractivity contribution in [3.8, 4) is 0 Å². The van der Waals surface area contributed by atoms with Gasteiger partial charge in [-0.1, -0.05) is 30.3 Å². The molecule has 0 heterocycles. The summed E-state index contributed by atoms with van der Waals surface area (Å²) in [5, 5.41) is 9.22. The minimum absolute atomic E-state index is 0.263. The second-order valence-electron chi connectivity index (χ2n) is 3.26. The molecule has 1 N–H and O–H groups in total. The minimum atomic E-state index is -1.27. The zero-order valence-corrected chi connectivity index (χ0v) is 8.85. The van der Waals surface area contributed by atoms with E-state index in [1.807, 2.05) is 30.3 Å². The van der Waals surface area contributed by atoms with Crippen LogP contribution in [0.1, 0.15) is 18.9 Å². The fourth-order valence-corrected chi connectivity index (χ4v) is 1.29. The van der Waals surface area contributed by atoms with Crippen LogP contribution in [0.2, 0.25) is 0 Å². The number of aliphatic hydroxyl groups excluding tert-OH is 1. The van der Waals surface area contributed by atoms with Gasteiger partial charge in [-0.15, -0.1) is 0 Å². The van der Waals surface area contributed by atoms with E-state index in [2.05, 4.69) is 0 Å². The molecule has 0 saturated heterocycles. The summed E-state index contributed by atoms with van der Waals surface area (Å²) in [6, 6.07) is 9.71. The number of carbonyl (C=O) groups is 1. The summed E-state index contributed by atoms with van der Waals surface area (Å²) in [6.07, 6.45) is -0.312. The summed E-state index contributed by atoms with van der Waals surface area (Å²) in [5.74, 6) is -0.263. The summed E-state index contributed by atoms with van der Waals surface area (Å²) in [7, 11) is 0. The summed E-state index contributed by atoms with van der Waals surface area (Å²) >= 11 is 0. The van der Waals surface area contributed by atoms with Crippen LogP contribution in [0, 0.1) is 0 Å². The predicted octanol–water partition coefficient (Wildman–Crippen LogP) is 1.54. The lowest BCUT2D eigenvalue weighted by molar-refractivity contribution is -0.154. The molecule has 0 aliphatic rings. The fourth-order valence-electron chi connectivity index (χ4n) is 1.29. The Hall–Kier alpha value is -1.19. The number of ether oxygens (including phenoxy) is 1. The van der Waals surface area contributed by atoms with E-state index in [-0.39, 0.29) is 5.78 Å². The van der Waals surface area contributed by atoms with Gasteiger partial charge in [0.15, 0.2) is 5.78 Å². The molecule has 0 spiro atoms. The first kappa shape index (κ1) is 11.9. The van der Waals surface area contributed by atoms with Gasteiger partial charge in [-0.05, 0) is 18.9 Å². The quantitative estimate of drug-likeness (QED) is 0.721. The number of ketones is 1. The Kier molecular flexibility index (Phi) is 5.01. The maximum absolute atomic E-state index is 11.3. The van der Waals surface area contributed by atoms with Gasteiger partial charge in [-0.25, -0.2) is 0 Å². The first-order chi connectivity index (χ1) is 7.24. The summed E-state index contributed by atoms with van der Waals surface area (Å²) in [4.78, 5) is 11.3. The molecule has 3 nitrogen and oxygen atoms in total. The summed E-state index contributed by atoms with van der Waals surface area (Å²) in [6.45, 7) is 2.09. The van der Waals surface area contributed by atoms with Crippen molar-refractivity contribution in [3.05, 3.63) is 35.9 Å². The lowest BCUT2D eigenvalue weighted by Crippen LogP contribution is -2.23. The van der Waals surface area contributed by atoms with E-state index in [4.69, 9.17) is 4.74 Å². The smallest absolute Gasteiger partial charge is 0.215 e. The number of hydrogen-bond donors (Lipinski definition) is 1. The molecular weight excluding hydrogens is 192 g/mol. The van der Waals surface area contributed by atoms with Gasteiger partial charge >= 0.3 is 0 Å². The predicted molar refractivity (Wildman–Crippen MR) is 57.4 cm³/mol. The van der Waals surface area contributed by atoms with Gasteiger partial charge in [0.1, 0.15) is 0 Å². The third kappa shape index (κ3) is 4.23. The van der Waals surface area contributed by atoms with Crippen molar-refractivity contribution in [1.82, 2.24) is 0 Å². The molecule has 1 aromatic carbocycles. The summed E-state index contributed by atoms with van der Waals surface area (Å²) < 4.78 is 4.80. The highest BCUT2D eigenvalue weighted by Gasteiger charge is 2.13. The molecule has 0 fully saturated rings. The highest BCUT2D eigenvalue weighted by atomic mass is 16.6. The molecule has 0 amide bonds. The standard InChI is InChI=1S/C12H16O3/c1-2-15-12(14)11(13)9-8-10-6-4-3-5-7-10/h3-7,12,14H,2,8-9H2,1H3. The second kappa shape index (κ2) is 6.32. The molecule has 1 unspecified atom stereocenters. The lowest BCUT2D eigenvalue weighted by atomic mass is 10.1. The Morgan fingerprint density at radius 3 is 2.67 bits per heavy atom. The van der Waals surface area contributed by atoms with Crippen molar-refractivity contribution in [2.45, 2.75) is 26.1 Å². The number of hydrogen-bond acceptors (Lipinski definition) is 3. The molecule has 0 aliphatic carbocycles. The van der Waals surface area contributed by atoms with Gasteiger partial charge in [0.25, 0.3) is 0 Å². The van der Waals surface area contributed by atoms with Crippen LogP contribution in [0.5, 0.6) is 0 Å². The van der Waals surface area contributed by atoms with Crippen molar-refractivity contribution in [3.63, 3.8) is 0 Å². The van der Waals surface area contributed by atoms with Gasteiger partial charge in [0, 0.05) is 13.0 Å². The van der Waals surface area contributed by atoms with E-state index in [0.717, 1.165) is 5.56 Å². The highest BCUT2D eigenvalue weighted by Crippen LogP contribution is 2.04. The lowest BCUT2D eigenvalue weighted by Gasteiger charge is -2.08. The van der Waals surface area contributed by atoms with E-state index in [9.17, 15) is 9.90 Å². The molecule has 0 aliphatic heterocycles. The van der Waals surface area contributed by atoms with Crippen LogP contribution >= 0.6 is 0 Å². The Morgan fingerprint density at radius 1 is 1.40 bits per heavy atom. The number of benzene rings is 1. The average molecular weight is 208 g/mol. The minimum Gasteiger partial charge on any atom is -0.362 e. The molecule has 3 heteroatoms. The number of aryl methyl sites for hydroxylation is 1. The number of rotatable bonds is 6. The van der Waals surface area contributed by atoms with Gasteiger partial charge in [-0.3, -0.25) is 4.79 Å². The second-order valence-corrected chi connectivity index (χ2v) is 3.26. The van der Waals surface area contributed by atoms with Crippen LogP contribution in [-0.2, 0) is 16.0 Å². The zero-order chi connectivity index (χ0) is 11.1. The van der Waals surface area contributed by atoms with Crippen LogP contribution in [0.3, 0.4) is 0 Å².